The van der Waals surface area contributed by atoms with Crippen LogP contribution in [0.25, 0.3) is 16.7 Å². The number of carbonyl (C=O) groups is 2. The van der Waals surface area contributed by atoms with E-state index in [1.807, 2.05) is 102 Å². The van der Waals surface area contributed by atoms with Crippen molar-refractivity contribution in [3.8, 4) is 5.69 Å². The molecular weight excluding hydrogens is 554 g/mol. The van der Waals surface area contributed by atoms with E-state index in [4.69, 9.17) is 0 Å². The van der Waals surface area contributed by atoms with E-state index in [2.05, 4.69) is 4.98 Å². The summed E-state index contributed by atoms with van der Waals surface area (Å²) < 4.78 is 3.37. The van der Waals surface area contributed by atoms with Crippen LogP contribution in [0.2, 0.25) is 0 Å². The van der Waals surface area contributed by atoms with Crippen molar-refractivity contribution in [3.05, 3.63) is 95.2 Å². The zero-order valence-corrected chi connectivity index (χ0v) is 25.7. The number of nitrogens with zero attached hydrogens (tertiary/aromatic N) is 5. The van der Waals surface area contributed by atoms with Crippen LogP contribution in [0.15, 0.2) is 84.0 Å². The molecular formula is C35H41N5O4. The van der Waals surface area contributed by atoms with Crippen molar-refractivity contribution in [2.75, 3.05) is 26.2 Å². The lowest BCUT2D eigenvalue weighted by molar-refractivity contribution is -0.148. The summed E-state index contributed by atoms with van der Waals surface area (Å²) in [6.07, 6.45) is 4.68. The maximum absolute atomic E-state index is 14.0. The first-order valence-corrected chi connectivity index (χ1v) is 15.5. The van der Waals surface area contributed by atoms with Crippen LogP contribution in [0.1, 0.15) is 51.5 Å². The molecule has 44 heavy (non-hydrogen) atoms. The number of aromatic nitrogens is 3. The van der Waals surface area contributed by atoms with Crippen LogP contribution in [0.5, 0.6) is 0 Å². The van der Waals surface area contributed by atoms with Crippen molar-refractivity contribution in [2.24, 2.45) is 11.3 Å². The Morgan fingerprint density at radius 3 is 2.25 bits per heavy atom. The van der Waals surface area contributed by atoms with Gasteiger partial charge in [0.1, 0.15) is 6.33 Å². The third kappa shape index (κ3) is 5.80. The quantitative estimate of drug-likeness (QED) is 0.373. The van der Waals surface area contributed by atoms with Gasteiger partial charge in [0.2, 0.25) is 11.8 Å². The molecule has 2 aromatic heterocycles. The van der Waals surface area contributed by atoms with E-state index < -0.39 is 11.0 Å². The predicted octanol–water partition coefficient (Wildman–Crippen LogP) is 4.22. The van der Waals surface area contributed by atoms with Crippen molar-refractivity contribution in [3.63, 3.8) is 0 Å². The number of hydrogen-bond donors (Lipinski definition) is 1. The van der Waals surface area contributed by atoms with Crippen molar-refractivity contribution < 1.29 is 14.7 Å². The van der Waals surface area contributed by atoms with Gasteiger partial charge in [0, 0.05) is 55.3 Å². The van der Waals surface area contributed by atoms with E-state index in [9.17, 15) is 19.5 Å². The van der Waals surface area contributed by atoms with Gasteiger partial charge in [-0.25, -0.2) is 4.98 Å². The van der Waals surface area contributed by atoms with E-state index in [1.165, 1.54) is 10.9 Å². The molecule has 1 N–H and O–H groups in total. The molecule has 2 aliphatic rings. The highest BCUT2D eigenvalue weighted by Gasteiger charge is 2.42. The first-order chi connectivity index (χ1) is 21.0. The summed E-state index contributed by atoms with van der Waals surface area (Å²) in [6, 6.07) is 21.5. The summed E-state index contributed by atoms with van der Waals surface area (Å²) in [6.45, 7) is 7.80. The first-order valence-electron chi connectivity index (χ1n) is 15.5. The predicted molar refractivity (Wildman–Crippen MR) is 169 cm³/mol. The fourth-order valence-electron chi connectivity index (χ4n) is 6.76. The molecule has 0 unspecified atom stereocenters. The summed E-state index contributed by atoms with van der Waals surface area (Å²) in [4.78, 5) is 48.8. The second-order valence-corrected chi connectivity index (χ2v) is 13.4. The number of likely N-dealkylation sites (tertiary alicyclic amines) is 2. The minimum Gasteiger partial charge on any atom is -0.388 e. The molecule has 0 spiro atoms. The highest BCUT2D eigenvalue weighted by Crippen LogP contribution is 2.37. The van der Waals surface area contributed by atoms with Gasteiger partial charge in [0.05, 0.1) is 17.5 Å². The molecule has 0 radical (unpaired) electrons. The topological polar surface area (TPSA) is 101 Å². The van der Waals surface area contributed by atoms with Crippen LogP contribution < -0.4 is 5.56 Å². The summed E-state index contributed by atoms with van der Waals surface area (Å²) in [5.41, 5.74) is 0.757. The average molecular weight is 596 g/mol. The lowest BCUT2D eigenvalue weighted by atomic mass is 9.78. The van der Waals surface area contributed by atoms with Crippen LogP contribution >= 0.6 is 0 Å². The number of hydrogen-bond acceptors (Lipinski definition) is 5. The molecule has 2 aliphatic heterocycles. The van der Waals surface area contributed by atoms with Crippen molar-refractivity contribution >= 4 is 22.8 Å². The molecule has 9 nitrogen and oxygen atoms in total. The molecule has 0 saturated carbocycles. The van der Waals surface area contributed by atoms with Crippen LogP contribution in [0.3, 0.4) is 0 Å². The second-order valence-electron chi connectivity index (χ2n) is 13.4. The Bertz CT molecular complexity index is 1700. The first kappa shape index (κ1) is 29.8. The third-order valence-corrected chi connectivity index (χ3v) is 9.26. The van der Waals surface area contributed by atoms with Crippen molar-refractivity contribution in [2.45, 2.75) is 58.1 Å². The number of rotatable bonds is 5. The number of carbonyl (C=O) groups excluding carboxylic acids is 2. The largest absolute Gasteiger partial charge is 0.388 e. The van der Waals surface area contributed by atoms with Gasteiger partial charge >= 0.3 is 0 Å². The number of piperidine rings is 2. The molecule has 0 aliphatic carbocycles. The maximum atomic E-state index is 14.0. The van der Waals surface area contributed by atoms with Gasteiger partial charge in [-0.3, -0.25) is 19.0 Å². The van der Waals surface area contributed by atoms with Crippen LogP contribution in [0.4, 0.5) is 0 Å². The molecule has 4 aromatic rings. The SMILES string of the molecule is CC(C)(C)C(=O)N1CC[C@@H](C(=O)N2CCC(O)(Cn3cnc4c(ccn4-c4ccccc4)c3=O)CC2)[C@H](c2ccccc2)C1. The Morgan fingerprint density at radius 1 is 0.932 bits per heavy atom. The maximum Gasteiger partial charge on any atom is 0.262 e. The minimum atomic E-state index is -1.13. The Balaban J connectivity index is 1.15. The number of para-hydroxylation sites is 1. The molecule has 0 bridgehead atoms. The van der Waals surface area contributed by atoms with E-state index in [-0.39, 0.29) is 35.8 Å². The summed E-state index contributed by atoms with van der Waals surface area (Å²) in [5.74, 6) is -0.155. The zero-order valence-electron chi connectivity index (χ0n) is 25.7. The van der Waals surface area contributed by atoms with Gasteiger partial charge in [0.25, 0.3) is 5.56 Å². The Labute approximate surface area is 257 Å². The summed E-state index contributed by atoms with van der Waals surface area (Å²) >= 11 is 0. The Kier molecular flexibility index (Phi) is 7.92. The molecule has 2 amide bonds. The molecule has 9 heteroatoms. The Morgan fingerprint density at radius 2 is 1.59 bits per heavy atom. The zero-order chi connectivity index (χ0) is 31.1. The van der Waals surface area contributed by atoms with Gasteiger partial charge in [-0.05, 0) is 43.0 Å². The molecule has 2 aromatic carbocycles. The lowest BCUT2D eigenvalue weighted by Crippen LogP contribution is -2.54. The number of fused-ring (bicyclic) bond motifs is 1. The van der Waals surface area contributed by atoms with Crippen molar-refractivity contribution in [1.29, 1.82) is 0 Å². The van der Waals surface area contributed by atoms with Crippen LogP contribution in [-0.4, -0.2) is 72.6 Å². The molecule has 4 heterocycles. The van der Waals surface area contributed by atoms with E-state index in [0.717, 1.165) is 11.3 Å². The van der Waals surface area contributed by atoms with E-state index in [0.29, 0.717) is 56.5 Å². The number of amides is 2. The smallest absolute Gasteiger partial charge is 0.262 e. The fourth-order valence-corrected chi connectivity index (χ4v) is 6.76. The molecule has 2 fully saturated rings. The molecule has 6 rings (SSSR count). The van der Waals surface area contributed by atoms with Gasteiger partial charge in [-0.1, -0.05) is 69.3 Å². The molecule has 2 atom stereocenters. The van der Waals surface area contributed by atoms with Gasteiger partial charge in [-0.2, -0.15) is 0 Å². The second kappa shape index (κ2) is 11.7. The standard InChI is InChI=1S/C35H41N5O4/c1-34(2,3)33(43)38-18-14-27(29(22-38)25-10-6-4-7-11-25)31(41)37-20-16-35(44,17-21-37)23-39-24-36-30-28(32(39)42)15-19-40(30)26-12-8-5-9-13-26/h4-13,15,19,24,27,29,44H,14,16-18,20-23H2,1-3H3/t27-,29+/m1/s1. The monoisotopic (exact) mass is 595 g/mol. The van der Waals surface area contributed by atoms with Crippen LogP contribution in [-0.2, 0) is 16.1 Å². The van der Waals surface area contributed by atoms with Crippen LogP contribution in [0, 0.1) is 11.3 Å². The molecule has 230 valence electrons. The van der Waals surface area contributed by atoms with E-state index >= 15 is 0 Å². The summed E-state index contributed by atoms with van der Waals surface area (Å²) in [7, 11) is 0. The fraction of sp³-hybridized carbons (Fsp3) is 0.429. The van der Waals surface area contributed by atoms with Gasteiger partial charge in [-0.15, -0.1) is 0 Å². The lowest BCUT2D eigenvalue weighted by Gasteiger charge is -2.44. The third-order valence-electron chi connectivity index (χ3n) is 9.26. The van der Waals surface area contributed by atoms with E-state index in [1.54, 1.807) is 6.07 Å². The highest BCUT2D eigenvalue weighted by molar-refractivity contribution is 5.83. The van der Waals surface area contributed by atoms with Crippen molar-refractivity contribution in [1.82, 2.24) is 23.9 Å². The van der Waals surface area contributed by atoms with Gasteiger partial charge in [0.15, 0.2) is 5.65 Å². The number of aliphatic hydroxyl groups is 1. The minimum absolute atomic E-state index is 0.0752. The summed E-state index contributed by atoms with van der Waals surface area (Å²) in [5, 5.41) is 12.0. The number of benzene rings is 2. The highest BCUT2D eigenvalue weighted by atomic mass is 16.3. The Hall–Kier alpha value is -4.24. The molecule has 2 saturated heterocycles. The average Bonchev–Trinajstić information content (AvgIpc) is 3.47. The van der Waals surface area contributed by atoms with Gasteiger partial charge < -0.3 is 19.5 Å². The normalized spacial score (nSPS) is 20.5.